The van der Waals surface area contributed by atoms with Crippen LogP contribution in [-0.4, -0.2) is 37.0 Å². The topological polar surface area (TPSA) is 32.3 Å². The number of amides is 1. The Bertz CT molecular complexity index is 428. The fraction of sp³-hybridized carbons (Fsp3) is 0.533. The first-order valence-corrected chi connectivity index (χ1v) is 7.74. The van der Waals surface area contributed by atoms with Gasteiger partial charge in [-0.05, 0) is 56.6 Å². The molecule has 2 rings (SSSR count). The third-order valence-electron chi connectivity index (χ3n) is 3.79. The SMILES string of the molecule is CCN1CCC(CNC(=O)c2cccc(Br)c2)CC1. The molecule has 1 aromatic carbocycles. The fourth-order valence-corrected chi connectivity index (χ4v) is 2.87. The number of hydrogen-bond donors (Lipinski definition) is 1. The van der Waals surface area contributed by atoms with Crippen LogP contribution in [-0.2, 0) is 0 Å². The minimum atomic E-state index is 0.0271. The van der Waals surface area contributed by atoms with Crippen LogP contribution >= 0.6 is 15.9 Å². The average Bonchev–Trinajstić information content (AvgIpc) is 2.45. The summed E-state index contributed by atoms with van der Waals surface area (Å²) >= 11 is 3.39. The summed E-state index contributed by atoms with van der Waals surface area (Å²) in [5, 5.41) is 3.05. The van der Waals surface area contributed by atoms with Crippen molar-refractivity contribution < 1.29 is 4.79 Å². The highest BCUT2D eigenvalue weighted by Gasteiger charge is 2.18. The van der Waals surface area contributed by atoms with Crippen LogP contribution in [0.5, 0.6) is 0 Å². The maximum absolute atomic E-state index is 12.0. The van der Waals surface area contributed by atoms with Crippen LogP contribution in [0.2, 0.25) is 0 Å². The van der Waals surface area contributed by atoms with Gasteiger partial charge in [0.1, 0.15) is 0 Å². The average molecular weight is 325 g/mol. The minimum Gasteiger partial charge on any atom is -0.352 e. The van der Waals surface area contributed by atoms with E-state index in [1.165, 1.54) is 12.8 Å². The van der Waals surface area contributed by atoms with Gasteiger partial charge < -0.3 is 10.2 Å². The number of carbonyl (C=O) groups excluding carboxylic acids is 1. The molecule has 1 amide bonds. The molecule has 4 heteroatoms. The quantitative estimate of drug-likeness (QED) is 0.923. The molecule has 1 aromatic rings. The zero-order chi connectivity index (χ0) is 13.7. The highest BCUT2D eigenvalue weighted by atomic mass is 79.9. The fourth-order valence-electron chi connectivity index (χ4n) is 2.48. The van der Waals surface area contributed by atoms with Gasteiger partial charge in [-0.3, -0.25) is 4.79 Å². The zero-order valence-electron chi connectivity index (χ0n) is 11.4. The maximum Gasteiger partial charge on any atom is 0.251 e. The second kappa shape index (κ2) is 7.06. The number of nitrogens with zero attached hydrogens (tertiary/aromatic N) is 1. The van der Waals surface area contributed by atoms with E-state index in [4.69, 9.17) is 0 Å². The molecule has 0 unspecified atom stereocenters. The van der Waals surface area contributed by atoms with Crippen LogP contribution in [0.1, 0.15) is 30.1 Å². The van der Waals surface area contributed by atoms with E-state index in [-0.39, 0.29) is 5.91 Å². The molecule has 0 radical (unpaired) electrons. The Kier molecular flexibility index (Phi) is 5.40. The lowest BCUT2D eigenvalue weighted by Crippen LogP contribution is -2.38. The Morgan fingerprint density at radius 2 is 2.16 bits per heavy atom. The van der Waals surface area contributed by atoms with E-state index in [1.54, 1.807) is 0 Å². The van der Waals surface area contributed by atoms with Crippen molar-refractivity contribution in [3.63, 3.8) is 0 Å². The molecule has 1 aliphatic heterocycles. The molecular formula is C15H21BrN2O. The van der Waals surface area contributed by atoms with Crippen molar-refractivity contribution in [1.82, 2.24) is 10.2 Å². The monoisotopic (exact) mass is 324 g/mol. The van der Waals surface area contributed by atoms with Gasteiger partial charge in [0.15, 0.2) is 0 Å². The second-order valence-electron chi connectivity index (χ2n) is 5.10. The smallest absolute Gasteiger partial charge is 0.251 e. The molecule has 3 nitrogen and oxygen atoms in total. The normalized spacial score (nSPS) is 17.4. The molecule has 1 N–H and O–H groups in total. The minimum absolute atomic E-state index is 0.0271. The molecule has 0 bridgehead atoms. The first kappa shape index (κ1) is 14.5. The molecule has 19 heavy (non-hydrogen) atoms. The van der Waals surface area contributed by atoms with Gasteiger partial charge in [-0.2, -0.15) is 0 Å². The Labute approximate surface area is 123 Å². The third-order valence-corrected chi connectivity index (χ3v) is 4.29. The van der Waals surface area contributed by atoms with Crippen LogP contribution in [0.15, 0.2) is 28.7 Å². The lowest BCUT2D eigenvalue weighted by molar-refractivity contribution is 0.0937. The van der Waals surface area contributed by atoms with Crippen molar-refractivity contribution in [3.8, 4) is 0 Å². The Morgan fingerprint density at radius 3 is 2.79 bits per heavy atom. The summed E-state index contributed by atoms with van der Waals surface area (Å²) in [6.07, 6.45) is 2.37. The Balaban J connectivity index is 1.78. The molecule has 104 valence electrons. The summed E-state index contributed by atoms with van der Waals surface area (Å²) in [5.41, 5.74) is 0.723. The number of likely N-dealkylation sites (tertiary alicyclic amines) is 1. The van der Waals surface area contributed by atoms with Gasteiger partial charge in [0.05, 0.1) is 0 Å². The van der Waals surface area contributed by atoms with Gasteiger partial charge in [-0.1, -0.05) is 28.9 Å². The van der Waals surface area contributed by atoms with Crippen molar-refractivity contribution in [2.24, 2.45) is 5.92 Å². The van der Waals surface area contributed by atoms with Crippen LogP contribution in [0.4, 0.5) is 0 Å². The molecule has 1 fully saturated rings. The molecule has 1 aliphatic rings. The van der Waals surface area contributed by atoms with Crippen molar-refractivity contribution in [1.29, 1.82) is 0 Å². The maximum atomic E-state index is 12.0. The number of hydrogen-bond acceptors (Lipinski definition) is 2. The van der Waals surface area contributed by atoms with E-state index < -0.39 is 0 Å². The summed E-state index contributed by atoms with van der Waals surface area (Å²) < 4.78 is 0.941. The van der Waals surface area contributed by atoms with Crippen LogP contribution in [0.3, 0.4) is 0 Å². The number of benzene rings is 1. The molecule has 1 heterocycles. The van der Waals surface area contributed by atoms with Gasteiger partial charge in [0, 0.05) is 16.6 Å². The summed E-state index contributed by atoms with van der Waals surface area (Å²) in [6, 6.07) is 7.52. The number of halogens is 1. The van der Waals surface area contributed by atoms with Crippen molar-refractivity contribution in [3.05, 3.63) is 34.3 Å². The summed E-state index contributed by atoms with van der Waals surface area (Å²) in [5.74, 6) is 0.651. The lowest BCUT2D eigenvalue weighted by atomic mass is 9.97. The number of rotatable bonds is 4. The predicted molar refractivity (Wildman–Crippen MR) is 81.3 cm³/mol. The van der Waals surface area contributed by atoms with E-state index in [1.807, 2.05) is 24.3 Å². The summed E-state index contributed by atoms with van der Waals surface area (Å²) in [6.45, 7) is 6.46. The Hall–Kier alpha value is -0.870. The number of piperidine rings is 1. The highest BCUT2D eigenvalue weighted by molar-refractivity contribution is 9.10. The van der Waals surface area contributed by atoms with Gasteiger partial charge in [0.2, 0.25) is 0 Å². The molecule has 0 atom stereocenters. The van der Waals surface area contributed by atoms with Gasteiger partial charge in [-0.15, -0.1) is 0 Å². The molecule has 0 aromatic heterocycles. The Morgan fingerprint density at radius 1 is 1.42 bits per heavy atom. The van der Waals surface area contributed by atoms with Crippen molar-refractivity contribution >= 4 is 21.8 Å². The first-order chi connectivity index (χ1) is 9.19. The van der Waals surface area contributed by atoms with Gasteiger partial charge in [-0.25, -0.2) is 0 Å². The standard InChI is InChI=1S/C15H21BrN2O/c1-2-18-8-6-12(7-9-18)11-17-15(19)13-4-3-5-14(16)10-13/h3-5,10,12H,2,6-9,11H2,1H3,(H,17,19). The lowest BCUT2D eigenvalue weighted by Gasteiger charge is -2.31. The highest BCUT2D eigenvalue weighted by Crippen LogP contribution is 2.16. The van der Waals surface area contributed by atoms with E-state index in [2.05, 4.69) is 33.1 Å². The van der Waals surface area contributed by atoms with E-state index >= 15 is 0 Å². The second-order valence-corrected chi connectivity index (χ2v) is 6.01. The summed E-state index contributed by atoms with van der Waals surface area (Å²) in [4.78, 5) is 14.5. The van der Waals surface area contributed by atoms with Crippen LogP contribution < -0.4 is 5.32 Å². The predicted octanol–water partition coefficient (Wildman–Crippen LogP) is 2.91. The van der Waals surface area contributed by atoms with E-state index in [0.29, 0.717) is 5.92 Å². The van der Waals surface area contributed by atoms with Gasteiger partial charge >= 0.3 is 0 Å². The largest absolute Gasteiger partial charge is 0.352 e. The molecule has 0 spiro atoms. The van der Waals surface area contributed by atoms with Crippen LogP contribution in [0.25, 0.3) is 0 Å². The first-order valence-electron chi connectivity index (χ1n) is 6.95. The molecule has 1 saturated heterocycles. The number of nitrogens with one attached hydrogen (secondary N) is 1. The van der Waals surface area contributed by atoms with E-state index in [9.17, 15) is 4.79 Å². The van der Waals surface area contributed by atoms with E-state index in [0.717, 1.165) is 36.2 Å². The zero-order valence-corrected chi connectivity index (χ0v) is 12.9. The van der Waals surface area contributed by atoms with Crippen molar-refractivity contribution in [2.45, 2.75) is 19.8 Å². The van der Waals surface area contributed by atoms with Crippen molar-refractivity contribution in [2.75, 3.05) is 26.2 Å². The van der Waals surface area contributed by atoms with Gasteiger partial charge in [0.25, 0.3) is 5.91 Å². The summed E-state index contributed by atoms with van der Waals surface area (Å²) in [7, 11) is 0. The van der Waals surface area contributed by atoms with Crippen LogP contribution in [0, 0.1) is 5.92 Å². The molecular weight excluding hydrogens is 304 g/mol. The third kappa shape index (κ3) is 4.32. The number of carbonyl (C=O) groups is 1. The molecule has 0 saturated carbocycles. The molecule has 0 aliphatic carbocycles.